The third kappa shape index (κ3) is 2.41. The third-order valence-corrected chi connectivity index (χ3v) is 4.53. The number of carbonyl (C=O) groups excluding carboxylic acids is 3. The van der Waals surface area contributed by atoms with Crippen molar-refractivity contribution in [3.63, 3.8) is 0 Å². The lowest BCUT2D eigenvalue weighted by Crippen LogP contribution is -2.45. The van der Waals surface area contributed by atoms with Crippen molar-refractivity contribution in [1.82, 2.24) is 0 Å². The summed E-state index contributed by atoms with van der Waals surface area (Å²) in [7, 11) is 0. The van der Waals surface area contributed by atoms with Crippen LogP contribution in [0.2, 0.25) is 0 Å². The van der Waals surface area contributed by atoms with Gasteiger partial charge in [-0.05, 0) is 5.41 Å². The number of aliphatic hydroxyl groups is 2. The van der Waals surface area contributed by atoms with Crippen LogP contribution < -0.4 is 0 Å². The van der Waals surface area contributed by atoms with Crippen LogP contribution in [0.4, 0.5) is 0 Å². The maximum Gasteiger partial charge on any atom is 0.193 e. The maximum absolute atomic E-state index is 12.7. The number of aliphatic hydroxyl groups excluding tert-OH is 2. The first kappa shape index (κ1) is 15.6. The highest BCUT2D eigenvalue weighted by atomic mass is 16.3. The Bertz CT molecular complexity index is 756. The Morgan fingerprint density at radius 1 is 1.00 bits per heavy atom. The van der Waals surface area contributed by atoms with E-state index in [-0.39, 0.29) is 41.1 Å². The van der Waals surface area contributed by atoms with E-state index in [1.165, 1.54) is 12.1 Å². The van der Waals surface area contributed by atoms with Crippen molar-refractivity contribution in [2.75, 3.05) is 0 Å². The van der Waals surface area contributed by atoms with Crippen LogP contribution in [0.25, 0.3) is 0 Å². The number of fused-ring (bicyclic) bond motifs is 1. The van der Waals surface area contributed by atoms with Crippen molar-refractivity contribution in [3.05, 3.63) is 46.7 Å². The molecule has 0 aromatic heterocycles. The minimum Gasteiger partial charge on any atom is -0.512 e. The molecule has 0 bridgehead atoms. The molecule has 2 aliphatic rings. The number of carbonyl (C=O) groups is 3. The van der Waals surface area contributed by atoms with E-state index in [0.717, 1.165) is 0 Å². The van der Waals surface area contributed by atoms with Crippen molar-refractivity contribution in [3.8, 4) is 0 Å². The Morgan fingerprint density at radius 3 is 2.13 bits per heavy atom. The molecule has 5 nitrogen and oxygen atoms in total. The summed E-state index contributed by atoms with van der Waals surface area (Å²) >= 11 is 0. The lowest BCUT2D eigenvalue weighted by molar-refractivity contribution is -0.119. The average Bonchev–Trinajstić information content (AvgIpc) is 2.46. The predicted octanol–water partition coefficient (Wildman–Crippen LogP) is 2.24. The fourth-order valence-corrected chi connectivity index (χ4v) is 3.48. The van der Waals surface area contributed by atoms with Gasteiger partial charge in [0.2, 0.25) is 0 Å². The summed E-state index contributed by atoms with van der Waals surface area (Å²) in [5.41, 5.74) is -0.171. The monoisotopic (exact) mass is 314 g/mol. The minimum absolute atomic E-state index is 0.107. The first-order valence-corrected chi connectivity index (χ1v) is 7.54. The zero-order valence-corrected chi connectivity index (χ0v) is 13.0. The van der Waals surface area contributed by atoms with Crippen LogP contribution in [0.5, 0.6) is 0 Å². The molecular formula is C18H18O5. The number of ketones is 3. The summed E-state index contributed by atoms with van der Waals surface area (Å²) in [5, 5.41) is 20.6. The van der Waals surface area contributed by atoms with Gasteiger partial charge in [0.25, 0.3) is 0 Å². The van der Waals surface area contributed by atoms with E-state index in [2.05, 4.69) is 0 Å². The summed E-state index contributed by atoms with van der Waals surface area (Å²) in [6.45, 7) is 3.69. The molecule has 0 saturated heterocycles. The van der Waals surface area contributed by atoms with Crippen molar-refractivity contribution in [2.45, 2.75) is 32.8 Å². The predicted molar refractivity (Wildman–Crippen MR) is 82.3 cm³/mol. The number of hydrogen-bond acceptors (Lipinski definition) is 5. The largest absolute Gasteiger partial charge is 0.512 e. The van der Waals surface area contributed by atoms with E-state index in [1.807, 2.05) is 13.8 Å². The normalized spacial score (nSPS) is 27.2. The number of hydrogen-bond donors (Lipinski definition) is 2. The molecule has 0 amide bonds. The van der Waals surface area contributed by atoms with E-state index in [4.69, 9.17) is 0 Å². The van der Waals surface area contributed by atoms with Crippen molar-refractivity contribution in [2.24, 2.45) is 11.3 Å². The molecule has 1 aromatic carbocycles. The number of benzene rings is 1. The molecule has 0 radical (unpaired) electrons. The second kappa shape index (κ2) is 5.13. The van der Waals surface area contributed by atoms with Crippen molar-refractivity contribution in [1.29, 1.82) is 0 Å². The highest BCUT2D eigenvalue weighted by Crippen LogP contribution is 2.41. The lowest BCUT2D eigenvalue weighted by atomic mass is 9.68. The van der Waals surface area contributed by atoms with E-state index in [1.54, 1.807) is 12.1 Å². The van der Waals surface area contributed by atoms with Gasteiger partial charge in [-0.2, -0.15) is 0 Å². The topological polar surface area (TPSA) is 91.7 Å². The zero-order chi connectivity index (χ0) is 16.9. The van der Waals surface area contributed by atoms with Crippen LogP contribution in [-0.2, 0) is 4.79 Å². The van der Waals surface area contributed by atoms with Crippen LogP contribution in [0.1, 0.15) is 47.4 Å². The molecule has 2 aliphatic carbocycles. The van der Waals surface area contributed by atoms with Crippen LogP contribution in [0.15, 0.2) is 35.6 Å². The SMILES string of the molecule is CC1(C)CC(=O)C([C@H]2C(=O)c3ccccc3C(=O)[C@H]2O)=C(O)C1. The van der Waals surface area contributed by atoms with E-state index >= 15 is 0 Å². The molecule has 0 aliphatic heterocycles. The number of rotatable bonds is 1. The molecule has 0 fully saturated rings. The quantitative estimate of drug-likeness (QED) is 0.829. The second-order valence-corrected chi connectivity index (χ2v) is 7.00. The summed E-state index contributed by atoms with van der Waals surface area (Å²) in [5.74, 6) is -2.99. The average molecular weight is 314 g/mol. The molecule has 23 heavy (non-hydrogen) atoms. The molecule has 0 heterocycles. The van der Waals surface area contributed by atoms with Crippen LogP contribution in [0, 0.1) is 11.3 Å². The van der Waals surface area contributed by atoms with Crippen LogP contribution in [0.3, 0.4) is 0 Å². The van der Waals surface area contributed by atoms with Gasteiger partial charge in [-0.15, -0.1) is 0 Å². The van der Waals surface area contributed by atoms with Gasteiger partial charge in [-0.3, -0.25) is 14.4 Å². The van der Waals surface area contributed by atoms with E-state index in [9.17, 15) is 24.6 Å². The molecule has 0 spiro atoms. The summed E-state index contributed by atoms with van der Waals surface area (Å²) < 4.78 is 0. The maximum atomic E-state index is 12.7. The minimum atomic E-state index is -1.64. The molecule has 0 unspecified atom stereocenters. The van der Waals surface area contributed by atoms with Gasteiger partial charge in [0.05, 0.1) is 5.92 Å². The smallest absolute Gasteiger partial charge is 0.193 e. The van der Waals surface area contributed by atoms with Gasteiger partial charge in [0.1, 0.15) is 11.9 Å². The summed E-state index contributed by atoms with van der Waals surface area (Å²) in [4.78, 5) is 37.5. The molecule has 5 heteroatoms. The Hall–Kier alpha value is -2.27. The molecule has 3 rings (SSSR count). The Labute approximate surface area is 133 Å². The molecule has 120 valence electrons. The Morgan fingerprint density at radius 2 is 1.57 bits per heavy atom. The van der Waals surface area contributed by atoms with Gasteiger partial charge >= 0.3 is 0 Å². The van der Waals surface area contributed by atoms with Gasteiger partial charge in [0, 0.05) is 29.5 Å². The second-order valence-electron chi connectivity index (χ2n) is 7.00. The highest BCUT2D eigenvalue weighted by molar-refractivity contribution is 6.20. The van der Waals surface area contributed by atoms with Crippen LogP contribution in [-0.4, -0.2) is 33.7 Å². The van der Waals surface area contributed by atoms with Crippen molar-refractivity contribution < 1.29 is 24.6 Å². The fourth-order valence-electron chi connectivity index (χ4n) is 3.48. The van der Waals surface area contributed by atoms with E-state index < -0.39 is 29.0 Å². The first-order valence-electron chi connectivity index (χ1n) is 7.54. The first-order chi connectivity index (χ1) is 10.7. The van der Waals surface area contributed by atoms with Gasteiger partial charge in [-0.1, -0.05) is 38.1 Å². The van der Waals surface area contributed by atoms with Gasteiger partial charge in [0.15, 0.2) is 17.3 Å². The molecule has 1 aromatic rings. The molecule has 2 N–H and O–H groups in total. The zero-order valence-electron chi connectivity index (χ0n) is 13.0. The van der Waals surface area contributed by atoms with Crippen molar-refractivity contribution >= 4 is 17.3 Å². The summed E-state index contributed by atoms with van der Waals surface area (Å²) in [6, 6.07) is 6.22. The standard InChI is InChI=1S/C18H18O5/c1-18(2)7-11(19)13(12(20)8-18)14-15(21)9-5-3-4-6-10(9)16(22)17(14)23/h3-6,14,17,19,23H,7-8H2,1-2H3/t14-,17-/m0/s1. The molecule has 0 saturated carbocycles. The fraction of sp³-hybridized carbons (Fsp3) is 0.389. The number of allylic oxidation sites excluding steroid dienone is 1. The lowest BCUT2D eigenvalue weighted by Gasteiger charge is -2.35. The van der Waals surface area contributed by atoms with Crippen LogP contribution >= 0.6 is 0 Å². The van der Waals surface area contributed by atoms with Gasteiger partial charge < -0.3 is 10.2 Å². The Kier molecular flexibility index (Phi) is 3.48. The molecule has 2 atom stereocenters. The number of Topliss-reactive ketones (excluding diaryl/α,β-unsaturated/α-hetero) is 3. The molecular weight excluding hydrogens is 296 g/mol. The van der Waals surface area contributed by atoms with E-state index in [0.29, 0.717) is 0 Å². The third-order valence-electron chi connectivity index (χ3n) is 4.53. The summed E-state index contributed by atoms with van der Waals surface area (Å²) in [6.07, 6.45) is -1.24. The van der Waals surface area contributed by atoms with Gasteiger partial charge in [-0.25, -0.2) is 0 Å². The highest BCUT2D eigenvalue weighted by Gasteiger charge is 2.47. The Balaban J connectivity index is 2.12.